The van der Waals surface area contributed by atoms with Gasteiger partial charge in [-0.05, 0) is 30.3 Å². The number of hydroxylamine groups is 1. The fourth-order valence-electron chi connectivity index (χ4n) is 3.48. The average Bonchev–Trinajstić information content (AvgIpc) is 3.24. The minimum absolute atomic E-state index is 0.168. The van der Waals surface area contributed by atoms with Crippen molar-refractivity contribution in [2.75, 3.05) is 19.5 Å². The molecule has 0 aliphatic carbocycles. The smallest absolute Gasteiger partial charge is 0.279 e. The van der Waals surface area contributed by atoms with Crippen LogP contribution in [0.3, 0.4) is 0 Å². The van der Waals surface area contributed by atoms with Crippen LogP contribution >= 0.6 is 0 Å². The number of aromatic nitrogens is 4. The highest BCUT2D eigenvalue weighted by atomic mass is 19.1. The number of anilines is 2. The molecule has 0 saturated heterocycles. The number of aryl methyl sites for hydroxylation is 1. The summed E-state index contributed by atoms with van der Waals surface area (Å²) in [7, 11) is 4.71. The molecule has 4 rings (SSSR count). The van der Waals surface area contributed by atoms with E-state index >= 15 is 0 Å². The number of nitrogens with zero attached hydrogens (tertiary/aromatic N) is 4. The molecule has 0 atom stereocenters. The van der Waals surface area contributed by atoms with Gasteiger partial charge in [-0.1, -0.05) is 18.2 Å². The van der Waals surface area contributed by atoms with Gasteiger partial charge in [0.05, 0.1) is 25.5 Å². The number of methoxy groups -OCH3 is 1. The third-order valence-corrected chi connectivity index (χ3v) is 4.83. The number of carbonyl (C=O) groups is 1. The number of para-hydroxylation sites is 1. The third kappa shape index (κ3) is 4.51. The van der Waals surface area contributed by atoms with Crippen molar-refractivity contribution in [2.45, 2.75) is 0 Å². The highest BCUT2D eigenvalue weighted by Crippen LogP contribution is 2.40. The third-order valence-electron chi connectivity index (χ3n) is 4.83. The fraction of sp³-hybridized carbons (Fsp3) is 0.130. The molecule has 0 bridgehead atoms. The van der Waals surface area contributed by atoms with Crippen LogP contribution in [0.25, 0.3) is 22.4 Å². The molecule has 1 aromatic carbocycles. The van der Waals surface area contributed by atoms with Crippen LogP contribution in [0.2, 0.25) is 0 Å². The lowest BCUT2D eigenvalue weighted by molar-refractivity contribution is 0.0539. The Morgan fingerprint density at radius 2 is 1.82 bits per heavy atom. The van der Waals surface area contributed by atoms with Crippen molar-refractivity contribution >= 4 is 17.5 Å². The molecule has 3 heterocycles. The lowest BCUT2D eigenvalue weighted by atomic mass is 9.96. The summed E-state index contributed by atoms with van der Waals surface area (Å²) >= 11 is 0. The first-order chi connectivity index (χ1) is 16.0. The first kappa shape index (κ1) is 21.9. The van der Waals surface area contributed by atoms with Gasteiger partial charge in [-0.3, -0.25) is 14.3 Å². The molecule has 2 N–H and O–H groups in total. The van der Waals surface area contributed by atoms with Crippen molar-refractivity contribution < 1.29 is 18.8 Å². The summed E-state index contributed by atoms with van der Waals surface area (Å²) in [4.78, 5) is 25.9. The lowest BCUT2D eigenvalue weighted by Crippen LogP contribution is -2.24. The molecule has 0 saturated carbocycles. The van der Waals surface area contributed by atoms with E-state index in [0.29, 0.717) is 16.9 Å². The number of rotatable bonds is 7. The number of hydrogen-bond donors (Lipinski definition) is 2. The highest BCUT2D eigenvalue weighted by Gasteiger charge is 2.23. The number of pyridine rings is 2. The van der Waals surface area contributed by atoms with Crippen molar-refractivity contribution in [3.8, 4) is 28.1 Å². The van der Waals surface area contributed by atoms with Crippen LogP contribution in [0, 0.1) is 5.95 Å². The van der Waals surface area contributed by atoms with Crippen LogP contribution in [0.15, 0.2) is 60.9 Å². The van der Waals surface area contributed by atoms with Gasteiger partial charge in [-0.15, -0.1) is 0 Å². The van der Waals surface area contributed by atoms with Gasteiger partial charge in [-0.2, -0.15) is 9.49 Å². The summed E-state index contributed by atoms with van der Waals surface area (Å²) in [5.74, 6) is -0.317. The summed E-state index contributed by atoms with van der Waals surface area (Å²) in [6, 6.07) is 13.4. The van der Waals surface area contributed by atoms with Crippen molar-refractivity contribution in [3.05, 3.63) is 72.4 Å². The first-order valence-electron chi connectivity index (χ1n) is 9.91. The molecule has 0 unspecified atom stereocenters. The Hall–Kier alpha value is -4.31. The topological polar surface area (TPSA) is 103 Å². The van der Waals surface area contributed by atoms with E-state index < -0.39 is 11.9 Å². The highest BCUT2D eigenvalue weighted by molar-refractivity contribution is 6.06. The Labute approximate surface area is 189 Å². The summed E-state index contributed by atoms with van der Waals surface area (Å²) in [6.45, 7) is 0. The van der Waals surface area contributed by atoms with Crippen molar-refractivity contribution in [3.63, 3.8) is 0 Å². The summed E-state index contributed by atoms with van der Waals surface area (Å²) in [5.41, 5.74) is 5.13. The number of ether oxygens (including phenoxy) is 1. The van der Waals surface area contributed by atoms with E-state index in [0.717, 1.165) is 11.3 Å². The second-order valence-electron chi connectivity index (χ2n) is 6.95. The maximum atomic E-state index is 13.6. The number of nitrogens with one attached hydrogen (secondary N) is 2. The molecule has 9 nitrogen and oxygen atoms in total. The Balaban J connectivity index is 1.90. The Morgan fingerprint density at radius 1 is 1.03 bits per heavy atom. The molecular weight excluding hydrogens is 427 g/mol. The molecule has 1 amide bonds. The average molecular weight is 448 g/mol. The van der Waals surface area contributed by atoms with Gasteiger partial charge < -0.3 is 10.1 Å². The molecule has 0 spiro atoms. The molecule has 3 aromatic heterocycles. The van der Waals surface area contributed by atoms with E-state index in [1.165, 1.54) is 25.4 Å². The van der Waals surface area contributed by atoms with Crippen LogP contribution in [-0.2, 0) is 11.9 Å². The second-order valence-corrected chi connectivity index (χ2v) is 6.95. The quantitative estimate of drug-likeness (QED) is 0.328. The number of halogens is 1. The van der Waals surface area contributed by atoms with Gasteiger partial charge >= 0.3 is 0 Å². The van der Waals surface area contributed by atoms with Gasteiger partial charge in [0, 0.05) is 36.1 Å². The Morgan fingerprint density at radius 3 is 2.52 bits per heavy atom. The van der Waals surface area contributed by atoms with Gasteiger partial charge in [0.2, 0.25) is 5.95 Å². The number of hydrogen-bond acceptors (Lipinski definition) is 7. The number of amides is 1. The molecule has 10 heteroatoms. The minimum Gasteiger partial charge on any atom is -0.495 e. The van der Waals surface area contributed by atoms with E-state index in [1.807, 2.05) is 37.5 Å². The van der Waals surface area contributed by atoms with Gasteiger partial charge in [0.15, 0.2) is 0 Å². The molecular formula is C23H21FN6O3. The van der Waals surface area contributed by atoms with Crippen LogP contribution < -0.4 is 15.5 Å². The van der Waals surface area contributed by atoms with Gasteiger partial charge in [0.25, 0.3) is 5.91 Å². The molecule has 0 fully saturated rings. The predicted octanol–water partition coefficient (Wildman–Crippen LogP) is 3.73. The van der Waals surface area contributed by atoms with Crippen LogP contribution in [0.5, 0.6) is 5.75 Å². The maximum Gasteiger partial charge on any atom is 0.279 e. The SMILES string of the molecule is CONC(=O)c1c(-c2cccc(-c3ccn(C)n3)c2OC)ccnc1Nc1cccc(F)n1. The van der Waals surface area contributed by atoms with Gasteiger partial charge in [0.1, 0.15) is 17.4 Å². The largest absolute Gasteiger partial charge is 0.495 e. The standard InChI is InChI=1S/C23H21FN6O3/c1-30-13-11-17(28-30)16-7-4-6-15(21(16)32-2)14-10-12-25-22(20(14)23(31)29-33-3)27-19-9-5-8-18(24)26-19/h4-13H,1-3H3,(H,29,31)(H,25,26,27). The minimum atomic E-state index is -0.663. The van der Waals surface area contributed by atoms with Crippen molar-refractivity contribution in [1.82, 2.24) is 25.2 Å². The molecule has 0 aliphatic rings. The molecule has 33 heavy (non-hydrogen) atoms. The van der Waals surface area contributed by atoms with Crippen molar-refractivity contribution in [1.29, 1.82) is 0 Å². The van der Waals surface area contributed by atoms with E-state index in [4.69, 9.17) is 9.57 Å². The zero-order chi connectivity index (χ0) is 23.4. The van der Waals surface area contributed by atoms with Crippen LogP contribution in [0.4, 0.5) is 16.0 Å². The molecule has 4 aromatic rings. The summed E-state index contributed by atoms with van der Waals surface area (Å²) < 4.78 is 21.0. The van der Waals surface area contributed by atoms with Crippen LogP contribution in [0.1, 0.15) is 10.4 Å². The van der Waals surface area contributed by atoms with Crippen molar-refractivity contribution in [2.24, 2.45) is 7.05 Å². The Bertz CT molecular complexity index is 1310. The second kappa shape index (κ2) is 9.45. The molecule has 168 valence electrons. The monoisotopic (exact) mass is 448 g/mol. The number of carbonyl (C=O) groups excluding carboxylic acids is 1. The van der Waals surface area contributed by atoms with E-state index in [2.05, 4.69) is 25.9 Å². The summed E-state index contributed by atoms with van der Waals surface area (Å²) in [6.07, 6.45) is 3.37. The lowest BCUT2D eigenvalue weighted by Gasteiger charge is -2.17. The van der Waals surface area contributed by atoms with E-state index in [-0.39, 0.29) is 17.2 Å². The predicted molar refractivity (Wildman–Crippen MR) is 120 cm³/mol. The molecule has 0 radical (unpaired) electrons. The van der Waals surface area contributed by atoms with E-state index in [9.17, 15) is 9.18 Å². The van der Waals surface area contributed by atoms with Crippen LogP contribution in [-0.4, -0.2) is 39.9 Å². The Kier molecular flexibility index (Phi) is 6.27. The normalized spacial score (nSPS) is 10.7. The fourth-order valence-corrected chi connectivity index (χ4v) is 3.48. The first-order valence-corrected chi connectivity index (χ1v) is 9.91. The zero-order valence-corrected chi connectivity index (χ0v) is 18.2. The van der Waals surface area contributed by atoms with E-state index in [1.54, 1.807) is 23.9 Å². The summed E-state index contributed by atoms with van der Waals surface area (Å²) in [5, 5.41) is 7.38. The van der Waals surface area contributed by atoms with Gasteiger partial charge in [-0.25, -0.2) is 15.4 Å². The molecule has 0 aliphatic heterocycles. The zero-order valence-electron chi connectivity index (χ0n) is 18.2. The maximum absolute atomic E-state index is 13.6. The number of benzene rings is 1.